The third kappa shape index (κ3) is 2.61. The third-order valence-electron chi connectivity index (χ3n) is 5.00. The fourth-order valence-electron chi connectivity index (χ4n) is 3.94. The maximum Gasteiger partial charge on any atom is 0.00458 e. The summed E-state index contributed by atoms with van der Waals surface area (Å²) < 4.78 is 0. The Hall–Kier alpha value is -1.30. The van der Waals surface area contributed by atoms with Crippen molar-refractivity contribution >= 4 is 0 Å². The van der Waals surface area contributed by atoms with Crippen molar-refractivity contribution in [3.8, 4) is 0 Å². The summed E-state index contributed by atoms with van der Waals surface area (Å²) in [5.41, 5.74) is 6.42. The average molecular weight is 270 g/mol. The van der Waals surface area contributed by atoms with Gasteiger partial charge < -0.3 is 0 Å². The summed E-state index contributed by atoms with van der Waals surface area (Å²) in [6.45, 7) is 21.5. The lowest BCUT2D eigenvalue weighted by Gasteiger charge is -2.36. The fraction of sp³-hybridized carbons (Fsp3) is 0.500. The van der Waals surface area contributed by atoms with E-state index >= 15 is 0 Å². The number of allylic oxidation sites excluding steroid dienone is 7. The van der Waals surface area contributed by atoms with Crippen LogP contribution < -0.4 is 0 Å². The van der Waals surface area contributed by atoms with Crippen molar-refractivity contribution in [2.24, 2.45) is 17.3 Å². The zero-order valence-corrected chi connectivity index (χ0v) is 13.9. The Morgan fingerprint density at radius 2 is 1.80 bits per heavy atom. The van der Waals surface area contributed by atoms with Crippen LogP contribution in [0.15, 0.2) is 60.3 Å². The molecule has 2 aliphatic carbocycles. The smallest absolute Gasteiger partial charge is 0.00458 e. The van der Waals surface area contributed by atoms with Crippen LogP contribution in [0.25, 0.3) is 0 Å². The van der Waals surface area contributed by atoms with Crippen molar-refractivity contribution in [3.05, 3.63) is 60.3 Å². The van der Waals surface area contributed by atoms with Crippen LogP contribution in [-0.4, -0.2) is 0 Å². The van der Waals surface area contributed by atoms with Crippen molar-refractivity contribution in [2.45, 2.75) is 47.5 Å². The van der Waals surface area contributed by atoms with Crippen LogP contribution in [0.4, 0.5) is 0 Å². The van der Waals surface area contributed by atoms with Gasteiger partial charge in [0.05, 0.1) is 0 Å². The van der Waals surface area contributed by atoms with E-state index in [4.69, 9.17) is 0 Å². The summed E-state index contributed by atoms with van der Waals surface area (Å²) in [4.78, 5) is 0. The van der Waals surface area contributed by atoms with Gasteiger partial charge >= 0.3 is 0 Å². The molecule has 1 saturated carbocycles. The van der Waals surface area contributed by atoms with Gasteiger partial charge in [-0.15, -0.1) is 13.2 Å². The highest BCUT2D eigenvalue weighted by Crippen LogP contribution is 2.55. The Bertz CT molecular complexity index is 468. The van der Waals surface area contributed by atoms with Crippen molar-refractivity contribution in [1.82, 2.24) is 0 Å². The molecule has 0 bridgehead atoms. The lowest BCUT2D eigenvalue weighted by Crippen LogP contribution is -2.24. The predicted molar refractivity (Wildman–Crippen MR) is 91.7 cm³/mol. The molecule has 0 aromatic rings. The van der Waals surface area contributed by atoms with E-state index in [2.05, 4.69) is 72.6 Å². The van der Waals surface area contributed by atoms with E-state index in [-0.39, 0.29) is 0 Å². The van der Waals surface area contributed by atoms with E-state index in [1.807, 2.05) is 0 Å². The normalized spacial score (nSPS) is 28.2. The minimum atomic E-state index is 0.343. The Kier molecular flexibility index (Phi) is 5.39. The predicted octanol–water partition coefficient (Wildman–Crippen LogP) is 6.25. The minimum Gasteiger partial charge on any atom is -0.106 e. The van der Waals surface area contributed by atoms with Gasteiger partial charge in [0.1, 0.15) is 0 Å². The first kappa shape index (κ1) is 16.8. The topological polar surface area (TPSA) is 0 Å². The SMILES string of the molecule is C=C.C=CC1=C2C(CCC2(C)C)C(/C=C\C)C(C)=C1C. The monoisotopic (exact) mass is 270 g/mol. The number of hydrogen-bond acceptors (Lipinski definition) is 0. The van der Waals surface area contributed by atoms with Crippen molar-refractivity contribution in [2.75, 3.05) is 0 Å². The molecule has 0 heteroatoms. The molecule has 110 valence electrons. The Labute approximate surface area is 125 Å². The van der Waals surface area contributed by atoms with Crippen molar-refractivity contribution in [1.29, 1.82) is 0 Å². The maximum atomic E-state index is 4.06. The first-order valence-corrected chi connectivity index (χ1v) is 7.61. The van der Waals surface area contributed by atoms with Crippen molar-refractivity contribution in [3.63, 3.8) is 0 Å². The van der Waals surface area contributed by atoms with Crippen LogP contribution in [0.2, 0.25) is 0 Å². The van der Waals surface area contributed by atoms with Crippen LogP contribution in [-0.2, 0) is 0 Å². The summed E-state index contributed by atoms with van der Waals surface area (Å²) in [6, 6.07) is 0. The lowest BCUT2D eigenvalue weighted by molar-refractivity contribution is 0.452. The Balaban J connectivity index is 0.000000956. The second kappa shape index (κ2) is 6.43. The highest BCUT2D eigenvalue weighted by atomic mass is 14.5. The van der Waals surface area contributed by atoms with E-state index in [1.165, 1.54) is 29.6 Å². The molecule has 1 fully saturated rings. The summed E-state index contributed by atoms with van der Waals surface area (Å²) in [6.07, 6.45) is 9.31. The van der Waals surface area contributed by atoms with Gasteiger partial charge in [-0.2, -0.15) is 0 Å². The van der Waals surface area contributed by atoms with Gasteiger partial charge in [0.15, 0.2) is 0 Å². The van der Waals surface area contributed by atoms with Crippen LogP contribution in [0, 0.1) is 17.3 Å². The molecule has 0 N–H and O–H groups in total. The molecule has 0 saturated heterocycles. The summed E-state index contributed by atoms with van der Waals surface area (Å²) in [5.74, 6) is 1.31. The first-order valence-electron chi connectivity index (χ1n) is 7.61. The van der Waals surface area contributed by atoms with E-state index in [1.54, 1.807) is 5.57 Å². The molecule has 20 heavy (non-hydrogen) atoms. The van der Waals surface area contributed by atoms with E-state index in [0.717, 1.165) is 0 Å². The highest BCUT2D eigenvalue weighted by Gasteiger charge is 2.43. The summed E-state index contributed by atoms with van der Waals surface area (Å²) in [5, 5.41) is 0. The van der Waals surface area contributed by atoms with E-state index < -0.39 is 0 Å². The molecule has 2 rings (SSSR count). The lowest BCUT2D eigenvalue weighted by atomic mass is 9.69. The molecule has 0 aromatic carbocycles. The maximum absolute atomic E-state index is 4.06. The van der Waals surface area contributed by atoms with Crippen LogP contribution in [0.3, 0.4) is 0 Å². The minimum absolute atomic E-state index is 0.343. The van der Waals surface area contributed by atoms with Gasteiger partial charge in [0.25, 0.3) is 0 Å². The average Bonchev–Trinajstić information content (AvgIpc) is 2.74. The van der Waals surface area contributed by atoms with Gasteiger partial charge in [-0.05, 0) is 56.1 Å². The standard InChI is InChI=1S/C18H26.C2H4/c1-7-9-15-13(4)12(3)14(8-2)17-16(15)10-11-18(17,5)6;1-2/h7-9,15-16H,2,10-11H2,1,3-6H3;1-2H2/b9-7-;. The molecule has 0 nitrogen and oxygen atoms in total. The third-order valence-corrected chi connectivity index (χ3v) is 5.00. The van der Waals surface area contributed by atoms with Gasteiger partial charge in [-0.1, -0.05) is 49.8 Å². The van der Waals surface area contributed by atoms with Gasteiger partial charge in [-0.3, -0.25) is 0 Å². The fourth-order valence-corrected chi connectivity index (χ4v) is 3.94. The van der Waals surface area contributed by atoms with E-state index in [0.29, 0.717) is 17.3 Å². The van der Waals surface area contributed by atoms with Crippen LogP contribution in [0.5, 0.6) is 0 Å². The molecular formula is C20H30. The molecule has 0 spiro atoms. The summed E-state index contributed by atoms with van der Waals surface area (Å²) in [7, 11) is 0. The molecular weight excluding hydrogens is 240 g/mol. The molecule has 0 aliphatic heterocycles. The largest absolute Gasteiger partial charge is 0.106 e. The van der Waals surface area contributed by atoms with E-state index in [9.17, 15) is 0 Å². The van der Waals surface area contributed by atoms with Crippen molar-refractivity contribution < 1.29 is 0 Å². The molecule has 0 aromatic heterocycles. The van der Waals surface area contributed by atoms with Gasteiger partial charge in [0, 0.05) is 5.92 Å². The molecule has 0 radical (unpaired) electrons. The second-order valence-electron chi connectivity index (χ2n) is 6.42. The highest BCUT2D eigenvalue weighted by molar-refractivity contribution is 5.53. The number of rotatable bonds is 2. The number of hydrogen-bond donors (Lipinski definition) is 0. The molecule has 2 unspecified atom stereocenters. The van der Waals surface area contributed by atoms with Crippen LogP contribution in [0.1, 0.15) is 47.5 Å². The second-order valence-corrected chi connectivity index (χ2v) is 6.42. The molecule has 2 atom stereocenters. The van der Waals surface area contributed by atoms with Gasteiger partial charge in [0.2, 0.25) is 0 Å². The summed E-state index contributed by atoms with van der Waals surface area (Å²) >= 11 is 0. The van der Waals surface area contributed by atoms with Crippen LogP contribution >= 0.6 is 0 Å². The zero-order valence-electron chi connectivity index (χ0n) is 13.9. The molecule has 0 amide bonds. The number of fused-ring (bicyclic) bond motifs is 1. The Morgan fingerprint density at radius 1 is 1.20 bits per heavy atom. The molecule has 0 heterocycles. The molecule has 2 aliphatic rings. The first-order chi connectivity index (χ1) is 9.44. The Morgan fingerprint density at radius 3 is 2.30 bits per heavy atom. The quantitative estimate of drug-likeness (QED) is 0.520. The van der Waals surface area contributed by atoms with Gasteiger partial charge in [-0.25, -0.2) is 0 Å². The zero-order chi connectivity index (χ0) is 15.5.